The molecule has 2 aromatic rings. The van der Waals surface area contributed by atoms with Crippen molar-refractivity contribution in [2.75, 3.05) is 13.1 Å². The van der Waals surface area contributed by atoms with Crippen LogP contribution in [-0.2, 0) is 20.3 Å². The van der Waals surface area contributed by atoms with Gasteiger partial charge in [0.1, 0.15) is 17.2 Å². The Bertz CT molecular complexity index is 1090. The van der Waals surface area contributed by atoms with Crippen molar-refractivity contribution in [2.45, 2.75) is 69.6 Å². The molecule has 0 spiro atoms. The molecular formula is C25H33FN2O5S. The number of hydrogen-bond donors (Lipinski definition) is 1. The minimum absolute atomic E-state index is 0.0301. The number of halogens is 1. The van der Waals surface area contributed by atoms with Gasteiger partial charge >= 0.3 is 6.09 Å². The Hall–Kier alpha value is -2.65. The van der Waals surface area contributed by atoms with Crippen LogP contribution < -0.4 is 9.46 Å². The molecular weight excluding hydrogens is 459 g/mol. The minimum atomic E-state index is -3.92. The lowest BCUT2D eigenvalue weighted by Crippen LogP contribution is -2.54. The zero-order chi connectivity index (χ0) is 25.1. The van der Waals surface area contributed by atoms with Gasteiger partial charge in [0.25, 0.3) is 0 Å². The van der Waals surface area contributed by atoms with Gasteiger partial charge < -0.3 is 14.4 Å². The van der Waals surface area contributed by atoms with Crippen LogP contribution in [-0.4, -0.2) is 44.2 Å². The summed E-state index contributed by atoms with van der Waals surface area (Å²) >= 11 is 0. The molecule has 0 bridgehead atoms. The molecule has 1 fully saturated rings. The number of nitrogens with zero attached hydrogens (tertiary/aromatic N) is 1. The first-order valence-corrected chi connectivity index (χ1v) is 12.8. The second-order valence-electron chi connectivity index (χ2n) is 9.80. The highest BCUT2D eigenvalue weighted by Crippen LogP contribution is 2.35. The number of likely N-dealkylation sites (tertiary alicyclic amines) is 1. The van der Waals surface area contributed by atoms with Crippen LogP contribution in [0.1, 0.15) is 53.0 Å². The molecule has 1 aliphatic rings. The highest BCUT2D eigenvalue weighted by molar-refractivity contribution is 7.89. The molecule has 0 aromatic heterocycles. The fourth-order valence-electron chi connectivity index (χ4n) is 3.90. The van der Waals surface area contributed by atoms with Gasteiger partial charge in [-0.05, 0) is 89.4 Å². The predicted octanol–water partition coefficient (Wildman–Crippen LogP) is 4.82. The summed E-state index contributed by atoms with van der Waals surface area (Å²) in [4.78, 5) is 14.2. The Morgan fingerprint density at radius 3 is 2.09 bits per heavy atom. The topological polar surface area (TPSA) is 84.9 Å². The van der Waals surface area contributed by atoms with Crippen molar-refractivity contribution < 1.29 is 27.1 Å². The molecule has 0 unspecified atom stereocenters. The Labute approximate surface area is 201 Å². The summed E-state index contributed by atoms with van der Waals surface area (Å²) in [5.41, 5.74) is -0.991. The second kappa shape index (κ2) is 9.92. The number of carbonyl (C=O) groups excluding carboxylic acids is 1. The van der Waals surface area contributed by atoms with E-state index in [9.17, 15) is 17.6 Å². The SMILES string of the molecule is CC(C)Oc1ccc(S(=O)(=O)NC2(c3ccc(F)cc3)CCN(C(=O)OC(C)(C)C)CC2)cc1. The highest BCUT2D eigenvalue weighted by Gasteiger charge is 2.41. The Balaban J connectivity index is 1.86. The third kappa shape index (κ3) is 6.48. The standard InChI is InChI=1S/C25H33FN2O5S/c1-18(2)32-21-10-12-22(13-11-21)34(30,31)27-25(19-6-8-20(26)9-7-19)14-16-28(17-15-25)23(29)33-24(3,4)5/h6-13,18,27H,14-17H2,1-5H3. The molecule has 7 nitrogen and oxygen atoms in total. The average Bonchev–Trinajstić information content (AvgIpc) is 2.73. The van der Waals surface area contributed by atoms with Crippen LogP contribution in [0.5, 0.6) is 5.75 Å². The molecule has 3 rings (SSSR count). The van der Waals surface area contributed by atoms with Crippen molar-refractivity contribution in [1.29, 1.82) is 0 Å². The number of carbonyl (C=O) groups is 1. The van der Waals surface area contributed by atoms with Crippen molar-refractivity contribution in [2.24, 2.45) is 0 Å². The number of benzene rings is 2. The molecule has 9 heteroatoms. The van der Waals surface area contributed by atoms with E-state index in [2.05, 4.69) is 4.72 Å². The Morgan fingerprint density at radius 1 is 1.03 bits per heavy atom. The largest absolute Gasteiger partial charge is 0.491 e. The van der Waals surface area contributed by atoms with Gasteiger partial charge in [-0.2, -0.15) is 0 Å². The van der Waals surface area contributed by atoms with Crippen molar-refractivity contribution in [3.8, 4) is 5.75 Å². The van der Waals surface area contributed by atoms with Crippen LogP contribution in [0, 0.1) is 5.82 Å². The van der Waals surface area contributed by atoms with Crippen LogP contribution >= 0.6 is 0 Å². The summed E-state index contributed by atoms with van der Waals surface area (Å²) in [5, 5.41) is 0. The number of sulfonamides is 1. The fourth-order valence-corrected chi connectivity index (χ4v) is 5.35. The third-order valence-corrected chi connectivity index (χ3v) is 7.05. The molecule has 1 saturated heterocycles. The number of amides is 1. The molecule has 186 valence electrons. The van der Waals surface area contributed by atoms with Crippen molar-refractivity contribution >= 4 is 16.1 Å². The quantitative estimate of drug-likeness (QED) is 0.625. The van der Waals surface area contributed by atoms with E-state index in [-0.39, 0.29) is 24.1 Å². The molecule has 1 aliphatic heterocycles. The average molecular weight is 493 g/mol. The first-order chi connectivity index (χ1) is 15.8. The smallest absolute Gasteiger partial charge is 0.410 e. The predicted molar refractivity (Wildman–Crippen MR) is 128 cm³/mol. The van der Waals surface area contributed by atoms with Gasteiger partial charge in [-0.15, -0.1) is 0 Å². The van der Waals surface area contributed by atoms with E-state index < -0.39 is 33.1 Å². The molecule has 1 heterocycles. The van der Waals surface area contributed by atoms with Crippen LogP contribution in [0.4, 0.5) is 9.18 Å². The van der Waals surface area contributed by atoms with E-state index in [1.807, 2.05) is 13.8 Å². The first kappa shape index (κ1) is 26.0. The first-order valence-electron chi connectivity index (χ1n) is 11.3. The third-order valence-electron chi connectivity index (χ3n) is 5.50. The number of rotatable bonds is 6. The maximum atomic E-state index is 13.6. The number of nitrogens with one attached hydrogen (secondary N) is 1. The molecule has 0 saturated carbocycles. The van der Waals surface area contributed by atoms with E-state index in [1.54, 1.807) is 49.9 Å². The maximum Gasteiger partial charge on any atom is 0.410 e. The van der Waals surface area contributed by atoms with Gasteiger partial charge in [-0.25, -0.2) is 22.3 Å². The van der Waals surface area contributed by atoms with E-state index in [1.165, 1.54) is 24.3 Å². The van der Waals surface area contributed by atoms with Gasteiger partial charge in [-0.3, -0.25) is 0 Å². The van der Waals surface area contributed by atoms with Crippen molar-refractivity contribution in [1.82, 2.24) is 9.62 Å². The van der Waals surface area contributed by atoms with Gasteiger partial charge in [-0.1, -0.05) is 12.1 Å². The summed E-state index contributed by atoms with van der Waals surface area (Å²) < 4.78 is 54.2. The lowest BCUT2D eigenvalue weighted by atomic mass is 9.82. The lowest BCUT2D eigenvalue weighted by Gasteiger charge is -2.42. The normalized spacial score (nSPS) is 16.4. The minimum Gasteiger partial charge on any atom is -0.491 e. The van der Waals surface area contributed by atoms with Crippen molar-refractivity contribution in [3.63, 3.8) is 0 Å². The molecule has 34 heavy (non-hydrogen) atoms. The molecule has 0 radical (unpaired) electrons. The van der Waals surface area contributed by atoms with E-state index >= 15 is 0 Å². The van der Waals surface area contributed by atoms with E-state index in [0.717, 1.165) is 0 Å². The van der Waals surface area contributed by atoms with Gasteiger partial charge in [0.15, 0.2) is 0 Å². The Kier molecular flexibility index (Phi) is 7.57. The molecule has 2 aromatic carbocycles. The monoisotopic (exact) mass is 492 g/mol. The van der Waals surface area contributed by atoms with Crippen LogP contribution in [0.2, 0.25) is 0 Å². The highest BCUT2D eigenvalue weighted by atomic mass is 32.2. The van der Waals surface area contributed by atoms with E-state index in [4.69, 9.17) is 9.47 Å². The lowest BCUT2D eigenvalue weighted by molar-refractivity contribution is 0.0158. The molecule has 1 amide bonds. The molecule has 0 aliphatic carbocycles. The number of piperidine rings is 1. The zero-order valence-corrected chi connectivity index (χ0v) is 21.1. The number of ether oxygens (including phenoxy) is 2. The summed E-state index contributed by atoms with van der Waals surface area (Å²) in [5.74, 6) is 0.168. The van der Waals surface area contributed by atoms with Crippen LogP contribution in [0.25, 0.3) is 0 Å². The summed E-state index contributed by atoms with van der Waals surface area (Å²) in [6.45, 7) is 9.74. The second-order valence-corrected chi connectivity index (χ2v) is 11.5. The van der Waals surface area contributed by atoms with Gasteiger partial charge in [0.05, 0.1) is 16.5 Å². The Morgan fingerprint density at radius 2 is 1.59 bits per heavy atom. The number of hydrogen-bond acceptors (Lipinski definition) is 5. The summed E-state index contributed by atoms with van der Waals surface area (Å²) in [7, 11) is -3.92. The van der Waals surface area contributed by atoms with Gasteiger partial charge in [0.2, 0.25) is 10.0 Å². The maximum absolute atomic E-state index is 13.6. The van der Waals surface area contributed by atoms with Crippen LogP contribution in [0.15, 0.2) is 53.4 Å². The van der Waals surface area contributed by atoms with Gasteiger partial charge in [0, 0.05) is 13.1 Å². The molecule has 1 N–H and O–H groups in total. The fraction of sp³-hybridized carbons (Fsp3) is 0.480. The summed E-state index contributed by atoms with van der Waals surface area (Å²) in [6, 6.07) is 12.0. The zero-order valence-electron chi connectivity index (χ0n) is 20.3. The molecule has 0 atom stereocenters. The van der Waals surface area contributed by atoms with Crippen LogP contribution in [0.3, 0.4) is 0 Å². The van der Waals surface area contributed by atoms with E-state index in [0.29, 0.717) is 24.2 Å². The summed E-state index contributed by atoms with van der Waals surface area (Å²) in [6.07, 6.45) is 0.151. The van der Waals surface area contributed by atoms with Crippen molar-refractivity contribution in [3.05, 3.63) is 59.9 Å².